The van der Waals surface area contributed by atoms with Gasteiger partial charge < -0.3 is 15.1 Å². The SMILES string of the molecule is N#Cc1cccc(NC(=O)N2CCN(c3ccc(Br)cc3)CC2)c1. The predicted octanol–water partition coefficient (Wildman–Crippen LogP) is 3.67. The lowest BCUT2D eigenvalue weighted by molar-refractivity contribution is 0.208. The van der Waals surface area contributed by atoms with E-state index >= 15 is 0 Å². The minimum absolute atomic E-state index is 0.124. The van der Waals surface area contributed by atoms with Crippen LogP contribution >= 0.6 is 15.9 Å². The van der Waals surface area contributed by atoms with E-state index in [1.54, 1.807) is 29.2 Å². The first-order valence-corrected chi connectivity index (χ1v) is 8.51. The molecular weight excluding hydrogens is 368 g/mol. The molecule has 5 nitrogen and oxygen atoms in total. The Balaban J connectivity index is 1.57. The number of amides is 2. The molecule has 1 aliphatic rings. The van der Waals surface area contributed by atoms with Gasteiger partial charge in [-0.1, -0.05) is 22.0 Å². The minimum Gasteiger partial charge on any atom is -0.368 e. The van der Waals surface area contributed by atoms with Gasteiger partial charge in [0.25, 0.3) is 0 Å². The van der Waals surface area contributed by atoms with Crippen molar-refractivity contribution < 1.29 is 4.79 Å². The molecule has 0 atom stereocenters. The number of anilines is 2. The fourth-order valence-corrected chi connectivity index (χ4v) is 2.95. The van der Waals surface area contributed by atoms with Crippen LogP contribution in [-0.4, -0.2) is 37.1 Å². The van der Waals surface area contributed by atoms with Crippen LogP contribution < -0.4 is 10.2 Å². The van der Waals surface area contributed by atoms with Gasteiger partial charge in [0.15, 0.2) is 0 Å². The number of benzene rings is 2. The van der Waals surface area contributed by atoms with E-state index < -0.39 is 0 Å². The molecule has 1 saturated heterocycles. The average Bonchev–Trinajstić information content (AvgIpc) is 2.62. The second-order valence-electron chi connectivity index (χ2n) is 5.57. The Hall–Kier alpha value is -2.52. The number of piperazine rings is 1. The molecule has 1 fully saturated rings. The zero-order valence-electron chi connectivity index (χ0n) is 13.1. The van der Waals surface area contributed by atoms with E-state index in [9.17, 15) is 4.79 Å². The predicted molar refractivity (Wildman–Crippen MR) is 98.1 cm³/mol. The van der Waals surface area contributed by atoms with Gasteiger partial charge in [-0.15, -0.1) is 0 Å². The summed E-state index contributed by atoms with van der Waals surface area (Å²) in [6, 6.07) is 17.1. The van der Waals surface area contributed by atoms with Crippen LogP contribution in [0.1, 0.15) is 5.56 Å². The fourth-order valence-electron chi connectivity index (χ4n) is 2.69. The third-order valence-electron chi connectivity index (χ3n) is 4.00. The molecule has 0 saturated carbocycles. The number of nitrogens with zero attached hydrogens (tertiary/aromatic N) is 3. The van der Waals surface area contributed by atoms with Gasteiger partial charge in [-0.2, -0.15) is 5.26 Å². The third kappa shape index (κ3) is 3.87. The Morgan fingerprint density at radius 3 is 2.46 bits per heavy atom. The maximum absolute atomic E-state index is 12.4. The molecule has 6 heteroatoms. The second kappa shape index (κ2) is 7.37. The van der Waals surface area contributed by atoms with Crippen LogP contribution in [0.25, 0.3) is 0 Å². The molecule has 2 aromatic rings. The highest BCUT2D eigenvalue weighted by Gasteiger charge is 2.21. The molecule has 3 rings (SSSR count). The summed E-state index contributed by atoms with van der Waals surface area (Å²) in [7, 11) is 0. The quantitative estimate of drug-likeness (QED) is 0.858. The maximum atomic E-state index is 12.4. The first-order valence-electron chi connectivity index (χ1n) is 7.72. The number of nitriles is 1. The lowest BCUT2D eigenvalue weighted by atomic mass is 10.2. The van der Waals surface area contributed by atoms with Crippen LogP contribution in [0.5, 0.6) is 0 Å². The van der Waals surface area contributed by atoms with E-state index in [0.717, 1.165) is 17.6 Å². The monoisotopic (exact) mass is 384 g/mol. The van der Waals surface area contributed by atoms with Crippen molar-refractivity contribution in [3.8, 4) is 6.07 Å². The highest BCUT2D eigenvalue weighted by molar-refractivity contribution is 9.10. The molecule has 2 amide bonds. The summed E-state index contributed by atoms with van der Waals surface area (Å²) in [6.45, 7) is 2.93. The van der Waals surface area contributed by atoms with Crippen molar-refractivity contribution >= 4 is 33.3 Å². The molecule has 0 spiro atoms. The number of hydrogen-bond donors (Lipinski definition) is 1. The van der Waals surface area contributed by atoms with Crippen LogP contribution in [0.15, 0.2) is 53.0 Å². The van der Waals surface area contributed by atoms with Crippen molar-refractivity contribution in [2.75, 3.05) is 36.4 Å². The fraction of sp³-hybridized carbons (Fsp3) is 0.222. The van der Waals surface area contributed by atoms with Crippen molar-refractivity contribution in [3.63, 3.8) is 0 Å². The number of carbonyl (C=O) groups excluding carboxylic acids is 1. The lowest BCUT2D eigenvalue weighted by Gasteiger charge is -2.36. The van der Waals surface area contributed by atoms with Gasteiger partial charge in [0, 0.05) is 42.0 Å². The highest BCUT2D eigenvalue weighted by Crippen LogP contribution is 2.20. The summed E-state index contributed by atoms with van der Waals surface area (Å²) in [5.74, 6) is 0. The molecular formula is C18H17BrN4O. The van der Waals surface area contributed by atoms with Crippen molar-refractivity contribution in [2.24, 2.45) is 0 Å². The van der Waals surface area contributed by atoms with E-state index in [-0.39, 0.29) is 6.03 Å². The van der Waals surface area contributed by atoms with Gasteiger partial charge in [0.2, 0.25) is 0 Å². The van der Waals surface area contributed by atoms with Crippen LogP contribution in [0.2, 0.25) is 0 Å². The molecule has 0 radical (unpaired) electrons. The molecule has 24 heavy (non-hydrogen) atoms. The number of urea groups is 1. The van der Waals surface area contributed by atoms with Crippen LogP contribution in [0.4, 0.5) is 16.2 Å². The summed E-state index contributed by atoms with van der Waals surface area (Å²) in [6.07, 6.45) is 0. The molecule has 0 bridgehead atoms. The van der Waals surface area contributed by atoms with Crippen molar-refractivity contribution in [2.45, 2.75) is 0 Å². The van der Waals surface area contributed by atoms with Crippen molar-refractivity contribution in [1.82, 2.24) is 4.90 Å². The highest BCUT2D eigenvalue weighted by atomic mass is 79.9. The van der Waals surface area contributed by atoms with E-state index in [1.165, 1.54) is 5.69 Å². The van der Waals surface area contributed by atoms with Gasteiger partial charge in [0.1, 0.15) is 0 Å². The maximum Gasteiger partial charge on any atom is 0.321 e. The molecule has 2 aromatic carbocycles. The van der Waals surface area contributed by atoms with Crippen LogP contribution in [-0.2, 0) is 0 Å². The van der Waals surface area contributed by atoms with Crippen LogP contribution in [0, 0.1) is 11.3 Å². The van der Waals surface area contributed by atoms with Gasteiger partial charge in [-0.3, -0.25) is 0 Å². The number of halogens is 1. The molecule has 122 valence electrons. The number of nitrogens with one attached hydrogen (secondary N) is 1. The minimum atomic E-state index is -0.124. The summed E-state index contributed by atoms with van der Waals surface area (Å²) < 4.78 is 1.06. The summed E-state index contributed by atoms with van der Waals surface area (Å²) in [5, 5.41) is 11.8. The third-order valence-corrected chi connectivity index (χ3v) is 4.53. The van der Waals surface area contributed by atoms with Crippen molar-refractivity contribution in [1.29, 1.82) is 5.26 Å². The van der Waals surface area contributed by atoms with Gasteiger partial charge >= 0.3 is 6.03 Å². The first-order chi connectivity index (χ1) is 11.7. The summed E-state index contributed by atoms with van der Waals surface area (Å²) in [5.41, 5.74) is 2.35. The van der Waals surface area contributed by atoms with E-state index in [4.69, 9.17) is 5.26 Å². The molecule has 1 aliphatic heterocycles. The second-order valence-corrected chi connectivity index (χ2v) is 6.49. The Kier molecular flexibility index (Phi) is 5.02. The lowest BCUT2D eigenvalue weighted by Crippen LogP contribution is -2.50. The smallest absolute Gasteiger partial charge is 0.321 e. The molecule has 0 unspecified atom stereocenters. The first kappa shape index (κ1) is 16.3. The van der Waals surface area contributed by atoms with Crippen molar-refractivity contribution in [3.05, 3.63) is 58.6 Å². The van der Waals surface area contributed by atoms with Gasteiger partial charge in [-0.05, 0) is 42.5 Å². The summed E-state index contributed by atoms with van der Waals surface area (Å²) >= 11 is 3.44. The average molecular weight is 385 g/mol. The number of rotatable bonds is 2. The van der Waals surface area contributed by atoms with E-state index in [1.807, 2.05) is 12.1 Å². The topological polar surface area (TPSA) is 59.4 Å². The number of hydrogen-bond acceptors (Lipinski definition) is 3. The zero-order valence-corrected chi connectivity index (χ0v) is 14.7. The Bertz CT molecular complexity index is 761. The van der Waals surface area contributed by atoms with E-state index in [2.05, 4.69) is 44.3 Å². The van der Waals surface area contributed by atoms with Crippen LogP contribution in [0.3, 0.4) is 0 Å². The molecule has 1 heterocycles. The largest absolute Gasteiger partial charge is 0.368 e. The Labute approximate surface area is 149 Å². The molecule has 0 aromatic heterocycles. The van der Waals surface area contributed by atoms with E-state index in [0.29, 0.717) is 24.3 Å². The normalized spacial score (nSPS) is 14.2. The zero-order chi connectivity index (χ0) is 16.9. The number of carbonyl (C=O) groups is 1. The Morgan fingerprint density at radius 1 is 1.08 bits per heavy atom. The Morgan fingerprint density at radius 2 is 1.79 bits per heavy atom. The molecule has 1 N–H and O–H groups in total. The van der Waals surface area contributed by atoms with Gasteiger partial charge in [0.05, 0.1) is 11.6 Å². The summed E-state index contributed by atoms with van der Waals surface area (Å²) in [4.78, 5) is 16.4. The standard InChI is InChI=1S/C18H17BrN4O/c19-15-4-6-17(7-5-15)22-8-10-23(11-9-22)18(24)21-16-3-1-2-14(12-16)13-20/h1-7,12H,8-11H2,(H,21,24). The molecule has 0 aliphatic carbocycles. The van der Waals surface area contributed by atoms with Gasteiger partial charge in [-0.25, -0.2) is 4.79 Å².